The zero-order valence-corrected chi connectivity index (χ0v) is 14.1. The van der Waals surface area contributed by atoms with Crippen LogP contribution < -0.4 is 15.6 Å². The van der Waals surface area contributed by atoms with Crippen molar-refractivity contribution < 1.29 is 14.6 Å². The van der Waals surface area contributed by atoms with Gasteiger partial charge < -0.3 is 20.1 Å². The van der Waals surface area contributed by atoms with Crippen LogP contribution in [0.1, 0.15) is 27.2 Å². The van der Waals surface area contributed by atoms with Gasteiger partial charge in [0.2, 0.25) is 0 Å². The zero-order chi connectivity index (χ0) is 17.7. The molecule has 6 nitrogen and oxygen atoms in total. The molecule has 1 heterocycles. The first-order valence-corrected chi connectivity index (χ1v) is 7.73. The highest BCUT2D eigenvalue weighted by molar-refractivity contribution is 5.93. The van der Waals surface area contributed by atoms with E-state index in [0.717, 1.165) is 16.9 Å². The second-order valence-corrected chi connectivity index (χ2v) is 5.78. The van der Waals surface area contributed by atoms with E-state index < -0.39 is 17.6 Å². The predicted octanol–water partition coefficient (Wildman–Crippen LogP) is 1.47. The Hall–Kier alpha value is -2.60. The first-order valence-electron chi connectivity index (χ1n) is 7.73. The highest BCUT2D eigenvalue weighted by atomic mass is 16.5. The van der Waals surface area contributed by atoms with E-state index in [-0.39, 0.29) is 18.7 Å². The van der Waals surface area contributed by atoms with E-state index in [1.54, 1.807) is 13.0 Å². The third-order valence-electron chi connectivity index (χ3n) is 3.63. The largest absolute Gasteiger partial charge is 0.490 e. The maximum atomic E-state index is 12.0. The number of carbonyl (C=O) groups is 1. The number of ether oxygens (including phenoxy) is 1. The molecule has 1 aromatic carbocycles. The Balaban J connectivity index is 1.88. The summed E-state index contributed by atoms with van der Waals surface area (Å²) in [6.07, 6.45) is -0.877. The molecule has 2 rings (SSSR count). The molecule has 0 aliphatic rings. The first kappa shape index (κ1) is 17.7. The Morgan fingerprint density at radius 2 is 1.88 bits per heavy atom. The van der Waals surface area contributed by atoms with E-state index >= 15 is 0 Å². The summed E-state index contributed by atoms with van der Waals surface area (Å²) in [5, 5.41) is 12.5. The van der Waals surface area contributed by atoms with Crippen molar-refractivity contribution in [2.75, 3.05) is 13.2 Å². The fraction of sp³-hybridized carbons (Fsp3) is 0.333. The molecule has 0 fully saturated rings. The van der Waals surface area contributed by atoms with Crippen molar-refractivity contribution in [1.82, 2.24) is 10.3 Å². The quantitative estimate of drug-likeness (QED) is 0.748. The average Bonchev–Trinajstić information content (AvgIpc) is 2.52. The maximum absolute atomic E-state index is 12.0. The molecule has 0 bridgehead atoms. The van der Waals surface area contributed by atoms with Crippen molar-refractivity contribution in [2.45, 2.75) is 26.9 Å². The normalized spacial score (nSPS) is 11.8. The van der Waals surface area contributed by atoms with Crippen molar-refractivity contribution in [3.05, 3.63) is 63.1 Å². The topological polar surface area (TPSA) is 91.4 Å². The highest BCUT2D eigenvalue weighted by Gasteiger charge is 2.13. The number of hydrogen-bond acceptors (Lipinski definition) is 4. The second-order valence-electron chi connectivity index (χ2n) is 5.78. The van der Waals surface area contributed by atoms with Gasteiger partial charge in [0.1, 0.15) is 24.0 Å². The lowest BCUT2D eigenvalue weighted by Crippen LogP contribution is -2.37. The van der Waals surface area contributed by atoms with Gasteiger partial charge in [0.25, 0.3) is 11.5 Å². The van der Waals surface area contributed by atoms with Crippen molar-refractivity contribution in [1.29, 1.82) is 0 Å². The number of benzene rings is 1. The van der Waals surface area contributed by atoms with Gasteiger partial charge in [0.05, 0.1) is 0 Å². The summed E-state index contributed by atoms with van der Waals surface area (Å²) >= 11 is 0. The molecule has 1 amide bonds. The number of aromatic amines is 1. The zero-order valence-electron chi connectivity index (χ0n) is 14.1. The molecule has 1 aromatic heterocycles. The van der Waals surface area contributed by atoms with Crippen LogP contribution in [0.5, 0.6) is 5.75 Å². The first-order chi connectivity index (χ1) is 11.4. The van der Waals surface area contributed by atoms with Crippen molar-refractivity contribution >= 4 is 5.91 Å². The molecule has 0 aliphatic carbocycles. The second kappa shape index (κ2) is 7.79. The maximum Gasteiger partial charge on any atom is 0.260 e. The number of amides is 1. The van der Waals surface area contributed by atoms with E-state index in [1.807, 2.05) is 32.0 Å². The van der Waals surface area contributed by atoms with Crippen LogP contribution in [0.25, 0.3) is 0 Å². The van der Waals surface area contributed by atoms with Gasteiger partial charge in [-0.3, -0.25) is 9.59 Å². The Bertz CT molecular complexity index is 763. The molecule has 3 N–H and O–H groups in total. The number of carbonyl (C=O) groups excluding carboxylic acids is 1. The minimum absolute atomic E-state index is 0.00290. The van der Waals surface area contributed by atoms with E-state index in [2.05, 4.69) is 10.3 Å². The van der Waals surface area contributed by atoms with Crippen molar-refractivity contribution in [3.63, 3.8) is 0 Å². The number of rotatable bonds is 6. The molecule has 0 spiro atoms. The van der Waals surface area contributed by atoms with Gasteiger partial charge in [-0.05, 0) is 44.0 Å². The van der Waals surface area contributed by atoms with Gasteiger partial charge in [-0.1, -0.05) is 18.2 Å². The fourth-order valence-electron chi connectivity index (χ4n) is 2.32. The molecule has 24 heavy (non-hydrogen) atoms. The Morgan fingerprint density at radius 1 is 1.21 bits per heavy atom. The SMILES string of the molecule is Cc1ccc(C(=O)NCC(O)COc2c(C)cccc2C)c(=O)[nH]1. The molecule has 128 valence electrons. The lowest BCUT2D eigenvalue weighted by atomic mass is 10.1. The lowest BCUT2D eigenvalue weighted by Gasteiger charge is -2.16. The average molecular weight is 330 g/mol. The number of aromatic nitrogens is 1. The van der Waals surface area contributed by atoms with E-state index in [9.17, 15) is 14.7 Å². The fourth-order valence-corrected chi connectivity index (χ4v) is 2.32. The lowest BCUT2D eigenvalue weighted by molar-refractivity contribution is 0.0840. The van der Waals surface area contributed by atoms with Crippen molar-refractivity contribution in [3.8, 4) is 5.75 Å². The van der Waals surface area contributed by atoms with Gasteiger partial charge in [-0.2, -0.15) is 0 Å². The smallest absolute Gasteiger partial charge is 0.260 e. The predicted molar refractivity (Wildman–Crippen MR) is 91.6 cm³/mol. The molecule has 6 heteroatoms. The molecule has 0 saturated heterocycles. The molecule has 0 aliphatic heterocycles. The van der Waals surface area contributed by atoms with Gasteiger partial charge in [0.15, 0.2) is 0 Å². The molecule has 0 radical (unpaired) electrons. The molecule has 0 saturated carbocycles. The van der Waals surface area contributed by atoms with Gasteiger partial charge in [-0.15, -0.1) is 0 Å². The van der Waals surface area contributed by atoms with Crippen LogP contribution >= 0.6 is 0 Å². The summed E-state index contributed by atoms with van der Waals surface area (Å²) in [4.78, 5) is 26.3. The van der Waals surface area contributed by atoms with Gasteiger partial charge >= 0.3 is 0 Å². The Kier molecular flexibility index (Phi) is 5.76. The van der Waals surface area contributed by atoms with Crippen LogP contribution in [-0.2, 0) is 0 Å². The third kappa shape index (κ3) is 4.45. The van der Waals surface area contributed by atoms with E-state index in [4.69, 9.17) is 4.74 Å². The third-order valence-corrected chi connectivity index (χ3v) is 3.63. The van der Waals surface area contributed by atoms with Crippen LogP contribution in [-0.4, -0.2) is 35.3 Å². The van der Waals surface area contributed by atoms with Crippen LogP contribution in [0.2, 0.25) is 0 Å². The van der Waals surface area contributed by atoms with Gasteiger partial charge in [0, 0.05) is 12.2 Å². The number of H-pyrrole nitrogens is 1. The molecule has 2 aromatic rings. The summed E-state index contributed by atoms with van der Waals surface area (Å²) in [6.45, 7) is 5.64. The minimum Gasteiger partial charge on any atom is -0.490 e. The van der Waals surface area contributed by atoms with Crippen molar-refractivity contribution in [2.24, 2.45) is 0 Å². The highest BCUT2D eigenvalue weighted by Crippen LogP contribution is 2.22. The Labute approximate surface area is 140 Å². The molecular weight excluding hydrogens is 308 g/mol. The minimum atomic E-state index is -0.877. The summed E-state index contributed by atoms with van der Waals surface area (Å²) in [6, 6.07) is 8.91. The van der Waals surface area contributed by atoms with E-state index in [1.165, 1.54) is 6.07 Å². The van der Waals surface area contributed by atoms with Crippen LogP contribution in [0, 0.1) is 20.8 Å². The molecular formula is C18H22N2O4. The number of aryl methyl sites for hydroxylation is 3. The van der Waals surface area contributed by atoms with Crippen LogP contribution in [0.15, 0.2) is 35.1 Å². The molecule has 1 atom stereocenters. The number of pyridine rings is 1. The monoisotopic (exact) mass is 330 g/mol. The number of hydrogen-bond donors (Lipinski definition) is 3. The number of aliphatic hydroxyl groups is 1. The van der Waals surface area contributed by atoms with Crippen LogP contribution in [0.4, 0.5) is 0 Å². The summed E-state index contributed by atoms with van der Waals surface area (Å²) in [5.41, 5.74) is 2.21. The summed E-state index contributed by atoms with van der Waals surface area (Å²) in [7, 11) is 0. The standard InChI is InChI=1S/C18H22N2O4/c1-11-5-4-6-12(2)16(11)24-10-14(21)9-19-17(22)15-8-7-13(3)20-18(15)23/h4-8,14,21H,9-10H2,1-3H3,(H,19,22)(H,20,23). The number of aliphatic hydroxyl groups excluding tert-OH is 1. The molecule has 1 unspecified atom stereocenters. The summed E-state index contributed by atoms with van der Waals surface area (Å²) in [5.74, 6) is 0.209. The van der Waals surface area contributed by atoms with Crippen LogP contribution in [0.3, 0.4) is 0 Å². The van der Waals surface area contributed by atoms with Gasteiger partial charge in [-0.25, -0.2) is 0 Å². The Morgan fingerprint density at radius 3 is 2.50 bits per heavy atom. The summed E-state index contributed by atoms with van der Waals surface area (Å²) < 4.78 is 5.64. The number of para-hydroxylation sites is 1. The number of nitrogens with one attached hydrogen (secondary N) is 2. The van der Waals surface area contributed by atoms with E-state index in [0.29, 0.717) is 5.69 Å².